The van der Waals surface area contributed by atoms with Gasteiger partial charge < -0.3 is 4.90 Å². The molecule has 1 saturated carbocycles. The fourth-order valence-electron chi connectivity index (χ4n) is 5.01. The summed E-state index contributed by atoms with van der Waals surface area (Å²) in [6, 6.07) is 21.6. The first-order chi connectivity index (χ1) is 14.5. The monoisotopic (exact) mass is 421 g/mol. The predicted octanol–water partition coefficient (Wildman–Crippen LogP) is 4.89. The molecular weight excluding hydrogens is 394 g/mol. The summed E-state index contributed by atoms with van der Waals surface area (Å²) in [6.45, 7) is 0. The molecular formula is C24H28ClN5. The van der Waals surface area contributed by atoms with E-state index in [4.69, 9.17) is 11.6 Å². The number of hydrogen-bond donors (Lipinski definition) is 0. The molecule has 0 bridgehead atoms. The number of rotatable bonds is 5. The van der Waals surface area contributed by atoms with Gasteiger partial charge in [-0.15, -0.1) is 0 Å². The maximum absolute atomic E-state index is 6.09. The highest BCUT2D eigenvalue weighted by atomic mass is 35.5. The maximum atomic E-state index is 6.09. The SMILES string of the molecule is CN(C)C1(c2ccccc2)CCC(c2ccccc2)(N(C)c2ncnc(Cl)n2)CC1. The Morgan fingerprint density at radius 2 is 1.23 bits per heavy atom. The van der Waals surface area contributed by atoms with Gasteiger partial charge in [0.1, 0.15) is 6.33 Å². The molecule has 5 nitrogen and oxygen atoms in total. The third kappa shape index (κ3) is 3.57. The quantitative estimate of drug-likeness (QED) is 0.587. The van der Waals surface area contributed by atoms with Crippen molar-refractivity contribution in [2.24, 2.45) is 0 Å². The summed E-state index contributed by atoms with van der Waals surface area (Å²) >= 11 is 6.09. The first kappa shape index (κ1) is 20.8. The minimum atomic E-state index is -0.208. The van der Waals surface area contributed by atoms with E-state index in [0.717, 1.165) is 25.7 Å². The molecule has 0 saturated heterocycles. The number of halogens is 1. The van der Waals surface area contributed by atoms with E-state index in [0.29, 0.717) is 5.95 Å². The second kappa shape index (κ2) is 8.32. The molecule has 1 fully saturated rings. The summed E-state index contributed by atoms with van der Waals surface area (Å²) in [4.78, 5) is 17.4. The van der Waals surface area contributed by atoms with Gasteiger partial charge in [-0.05, 0) is 62.5 Å². The van der Waals surface area contributed by atoms with Gasteiger partial charge in [0.05, 0.1) is 5.54 Å². The van der Waals surface area contributed by atoms with E-state index < -0.39 is 0 Å². The minimum absolute atomic E-state index is 0.0110. The Balaban J connectivity index is 1.75. The van der Waals surface area contributed by atoms with Gasteiger partial charge in [-0.3, -0.25) is 4.90 Å². The van der Waals surface area contributed by atoms with E-state index in [-0.39, 0.29) is 16.4 Å². The molecule has 0 atom stereocenters. The van der Waals surface area contributed by atoms with E-state index >= 15 is 0 Å². The van der Waals surface area contributed by atoms with E-state index in [9.17, 15) is 0 Å². The Bertz CT molecular complexity index is 969. The van der Waals surface area contributed by atoms with E-state index in [1.807, 2.05) is 0 Å². The van der Waals surface area contributed by atoms with Crippen LogP contribution in [0.3, 0.4) is 0 Å². The zero-order chi connectivity index (χ0) is 21.2. The molecule has 4 rings (SSSR count). The van der Waals surface area contributed by atoms with Crippen molar-refractivity contribution in [3.8, 4) is 0 Å². The Kier molecular flexibility index (Phi) is 5.76. The predicted molar refractivity (Wildman–Crippen MR) is 122 cm³/mol. The van der Waals surface area contributed by atoms with Crippen molar-refractivity contribution < 1.29 is 0 Å². The fourth-order valence-corrected chi connectivity index (χ4v) is 5.13. The van der Waals surface area contributed by atoms with Gasteiger partial charge in [0.25, 0.3) is 0 Å². The summed E-state index contributed by atoms with van der Waals surface area (Å²) < 4.78 is 0. The third-order valence-electron chi connectivity index (χ3n) is 6.85. The van der Waals surface area contributed by atoms with Crippen molar-refractivity contribution in [3.63, 3.8) is 0 Å². The Labute approximate surface area is 183 Å². The van der Waals surface area contributed by atoms with Gasteiger partial charge in [0.2, 0.25) is 11.2 Å². The minimum Gasteiger partial charge on any atom is -0.334 e. The molecule has 0 radical (unpaired) electrons. The zero-order valence-electron chi connectivity index (χ0n) is 17.8. The number of nitrogens with zero attached hydrogens (tertiary/aromatic N) is 5. The molecule has 1 heterocycles. The lowest BCUT2D eigenvalue weighted by Gasteiger charge is -2.53. The van der Waals surface area contributed by atoms with Crippen LogP contribution in [0.4, 0.5) is 5.95 Å². The second-order valence-corrected chi connectivity index (χ2v) is 8.64. The lowest BCUT2D eigenvalue weighted by molar-refractivity contribution is 0.0642. The first-order valence-corrected chi connectivity index (χ1v) is 10.7. The molecule has 0 amide bonds. The Hall–Kier alpha value is -2.50. The molecule has 0 N–H and O–H groups in total. The molecule has 1 aromatic heterocycles. The van der Waals surface area contributed by atoms with Gasteiger partial charge in [0.15, 0.2) is 0 Å². The Morgan fingerprint density at radius 3 is 1.73 bits per heavy atom. The smallest absolute Gasteiger partial charge is 0.230 e. The largest absolute Gasteiger partial charge is 0.334 e. The summed E-state index contributed by atoms with van der Waals surface area (Å²) in [7, 11) is 6.46. The van der Waals surface area contributed by atoms with Crippen LogP contribution in [0.15, 0.2) is 67.0 Å². The molecule has 1 aliphatic carbocycles. The summed E-state index contributed by atoms with van der Waals surface area (Å²) in [5, 5.41) is 0.220. The Morgan fingerprint density at radius 1 is 0.733 bits per heavy atom. The molecule has 0 aliphatic heterocycles. The number of benzene rings is 2. The highest BCUT2D eigenvalue weighted by Gasteiger charge is 2.48. The van der Waals surface area contributed by atoms with Gasteiger partial charge >= 0.3 is 0 Å². The average Bonchev–Trinajstić information content (AvgIpc) is 2.79. The number of aromatic nitrogens is 3. The lowest BCUT2D eigenvalue weighted by atomic mass is 9.66. The van der Waals surface area contributed by atoms with E-state index in [2.05, 4.69) is 107 Å². The van der Waals surface area contributed by atoms with Crippen LogP contribution < -0.4 is 4.90 Å². The zero-order valence-corrected chi connectivity index (χ0v) is 18.5. The summed E-state index contributed by atoms with van der Waals surface area (Å²) in [6.07, 6.45) is 5.49. The molecule has 3 aromatic rings. The highest BCUT2D eigenvalue weighted by Crippen LogP contribution is 2.51. The number of anilines is 1. The van der Waals surface area contributed by atoms with Crippen molar-refractivity contribution in [1.29, 1.82) is 0 Å². The van der Waals surface area contributed by atoms with Crippen LogP contribution in [0, 0.1) is 0 Å². The summed E-state index contributed by atoms with van der Waals surface area (Å²) in [5.74, 6) is 0.607. The van der Waals surface area contributed by atoms with E-state index in [1.165, 1.54) is 17.5 Å². The van der Waals surface area contributed by atoms with Crippen molar-refractivity contribution in [1.82, 2.24) is 19.9 Å². The fraction of sp³-hybridized carbons (Fsp3) is 0.375. The third-order valence-corrected chi connectivity index (χ3v) is 7.04. The van der Waals surface area contributed by atoms with E-state index in [1.54, 1.807) is 0 Å². The molecule has 1 aliphatic rings. The van der Waals surface area contributed by atoms with Gasteiger partial charge in [-0.25, -0.2) is 9.97 Å². The second-order valence-electron chi connectivity index (χ2n) is 8.30. The van der Waals surface area contributed by atoms with Crippen LogP contribution in [0.1, 0.15) is 36.8 Å². The van der Waals surface area contributed by atoms with Crippen molar-refractivity contribution in [3.05, 3.63) is 83.4 Å². The molecule has 0 unspecified atom stereocenters. The van der Waals surface area contributed by atoms with Gasteiger partial charge in [-0.2, -0.15) is 4.98 Å². The summed E-state index contributed by atoms with van der Waals surface area (Å²) in [5.41, 5.74) is 2.46. The molecule has 156 valence electrons. The molecule has 30 heavy (non-hydrogen) atoms. The van der Waals surface area contributed by atoms with Gasteiger partial charge in [-0.1, -0.05) is 60.7 Å². The maximum Gasteiger partial charge on any atom is 0.230 e. The van der Waals surface area contributed by atoms with Crippen LogP contribution in [-0.4, -0.2) is 41.0 Å². The van der Waals surface area contributed by atoms with Crippen molar-refractivity contribution in [2.75, 3.05) is 26.0 Å². The van der Waals surface area contributed by atoms with Crippen LogP contribution in [0.5, 0.6) is 0 Å². The average molecular weight is 422 g/mol. The topological polar surface area (TPSA) is 45.2 Å². The first-order valence-electron chi connectivity index (χ1n) is 10.3. The van der Waals surface area contributed by atoms with Crippen molar-refractivity contribution in [2.45, 2.75) is 36.8 Å². The normalized spacial score (nSPS) is 24.0. The lowest BCUT2D eigenvalue weighted by Crippen LogP contribution is -2.54. The van der Waals surface area contributed by atoms with Crippen molar-refractivity contribution >= 4 is 17.5 Å². The van der Waals surface area contributed by atoms with Crippen LogP contribution in [-0.2, 0) is 11.1 Å². The standard InChI is InChI=1S/C24H28ClN5/c1-29(2)23(19-10-6-4-7-11-19)14-16-24(17-15-23,20-12-8-5-9-13-20)30(3)22-27-18-26-21(25)28-22/h4-13,18H,14-17H2,1-3H3. The molecule has 2 aromatic carbocycles. The van der Waals surface area contributed by atoms with Crippen LogP contribution in [0.2, 0.25) is 5.28 Å². The molecule has 0 spiro atoms. The number of hydrogen-bond acceptors (Lipinski definition) is 5. The van der Waals surface area contributed by atoms with Crippen LogP contribution >= 0.6 is 11.6 Å². The van der Waals surface area contributed by atoms with Gasteiger partial charge in [0, 0.05) is 12.6 Å². The van der Waals surface area contributed by atoms with Crippen LogP contribution in [0.25, 0.3) is 0 Å². The highest BCUT2D eigenvalue weighted by molar-refractivity contribution is 6.28. The molecule has 6 heteroatoms.